The molecule has 0 saturated carbocycles. The van der Waals surface area contributed by atoms with Gasteiger partial charge < -0.3 is 20.3 Å². The lowest BCUT2D eigenvalue weighted by molar-refractivity contribution is -0.386. The van der Waals surface area contributed by atoms with Gasteiger partial charge in [0.1, 0.15) is 11.2 Å². The molecule has 1 rings (SSSR count). The molecular weight excluding hydrogens is 372 g/mol. The number of carboxylic acids is 1. The number of ether oxygens (including phenoxy) is 2. The minimum Gasteiger partial charge on any atom is -0.478 e. The highest BCUT2D eigenvalue weighted by molar-refractivity contribution is 6.09. The number of carbonyl (C=O) groups is 3. The first-order chi connectivity index (χ1) is 12.6. The molecule has 0 spiro atoms. The van der Waals surface area contributed by atoms with Crippen molar-refractivity contribution in [3.63, 3.8) is 0 Å². The van der Waals surface area contributed by atoms with Crippen molar-refractivity contribution >= 4 is 23.6 Å². The number of hydrogen-bond donors (Lipinski definition) is 2. The van der Waals surface area contributed by atoms with E-state index in [0.29, 0.717) is 0 Å². The van der Waals surface area contributed by atoms with Gasteiger partial charge >= 0.3 is 17.9 Å². The van der Waals surface area contributed by atoms with Crippen molar-refractivity contribution in [1.82, 2.24) is 0 Å². The van der Waals surface area contributed by atoms with E-state index >= 15 is 0 Å². The summed E-state index contributed by atoms with van der Waals surface area (Å²) in [6, 6.07) is 0.852. The molecule has 154 valence electrons. The Bertz CT molecular complexity index is 831. The van der Waals surface area contributed by atoms with Gasteiger partial charge in [-0.3, -0.25) is 10.1 Å². The molecule has 0 bridgehead atoms. The van der Waals surface area contributed by atoms with E-state index in [4.69, 9.17) is 15.2 Å². The van der Waals surface area contributed by atoms with Gasteiger partial charge in [-0.1, -0.05) is 0 Å². The SMILES string of the molecule is CC(C)(C)OC(=O)c1cc(C(=O)O)c(CN)c([N+](=O)[O-])c1C(=O)OC(C)(C)C. The first-order valence-corrected chi connectivity index (χ1v) is 8.33. The zero-order valence-corrected chi connectivity index (χ0v) is 16.6. The molecule has 0 aliphatic rings. The minimum atomic E-state index is -1.54. The molecule has 1 aromatic rings. The zero-order valence-electron chi connectivity index (χ0n) is 16.6. The van der Waals surface area contributed by atoms with Gasteiger partial charge in [0.15, 0.2) is 5.56 Å². The van der Waals surface area contributed by atoms with Crippen LogP contribution in [-0.4, -0.2) is 39.1 Å². The van der Waals surface area contributed by atoms with Gasteiger partial charge in [0.2, 0.25) is 0 Å². The average Bonchev–Trinajstić information content (AvgIpc) is 2.48. The van der Waals surface area contributed by atoms with E-state index in [0.717, 1.165) is 6.07 Å². The van der Waals surface area contributed by atoms with Crippen LogP contribution in [0.15, 0.2) is 6.07 Å². The molecule has 0 aliphatic carbocycles. The van der Waals surface area contributed by atoms with E-state index in [9.17, 15) is 29.6 Å². The molecule has 0 unspecified atom stereocenters. The Morgan fingerprint density at radius 1 is 1.04 bits per heavy atom. The minimum absolute atomic E-state index is 0.398. The number of rotatable bonds is 5. The molecule has 0 amide bonds. The fraction of sp³-hybridized carbons (Fsp3) is 0.500. The van der Waals surface area contributed by atoms with Gasteiger partial charge in [0.25, 0.3) is 5.69 Å². The number of nitrogens with two attached hydrogens (primary N) is 1. The number of benzene rings is 1. The van der Waals surface area contributed by atoms with Crippen LogP contribution < -0.4 is 5.73 Å². The lowest BCUT2D eigenvalue weighted by Gasteiger charge is -2.23. The molecular formula is C18H24N2O8. The van der Waals surface area contributed by atoms with Crippen molar-refractivity contribution < 1.29 is 33.9 Å². The van der Waals surface area contributed by atoms with E-state index in [-0.39, 0.29) is 0 Å². The molecule has 0 aliphatic heterocycles. The maximum absolute atomic E-state index is 12.7. The van der Waals surface area contributed by atoms with Crippen LogP contribution in [-0.2, 0) is 16.0 Å². The summed E-state index contributed by atoms with van der Waals surface area (Å²) in [5.74, 6) is -3.79. The van der Waals surface area contributed by atoms with Crippen LogP contribution in [0.4, 0.5) is 5.69 Å². The highest BCUT2D eigenvalue weighted by Crippen LogP contribution is 2.33. The number of carbonyl (C=O) groups excluding carboxylic acids is 2. The second-order valence-corrected chi connectivity index (χ2v) is 7.94. The van der Waals surface area contributed by atoms with Crippen molar-refractivity contribution in [3.8, 4) is 0 Å². The Balaban J connectivity index is 3.94. The summed E-state index contributed by atoms with van der Waals surface area (Å²) in [4.78, 5) is 47.7. The largest absolute Gasteiger partial charge is 0.478 e. The predicted molar refractivity (Wildman–Crippen MR) is 98.3 cm³/mol. The lowest BCUT2D eigenvalue weighted by Crippen LogP contribution is -2.29. The molecule has 0 fully saturated rings. The smallest absolute Gasteiger partial charge is 0.346 e. The monoisotopic (exact) mass is 396 g/mol. The number of nitro groups is 1. The first-order valence-electron chi connectivity index (χ1n) is 8.33. The molecule has 0 aromatic heterocycles. The Hall–Kier alpha value is -3.01. The molecule has 1 aromatic carbocycles. The Labute approximate surface area is 161 Å². The average molecular weight is 396 g/mol. The van der Waals surface area contributed by atoms with E-state index in [1.54, 1.807) is 41.5 Å². The second-order valence-electron chi connectivity index (χ2n) is 7.94. The Kier molecular flexibility index (Phi) is 6.52. The van der Waals surface area contributed by atoms with E-state index in [1.165, 1.54) is 0 Å². The van der Waals surface area contributed by atoms with Crippen molar-refractivity contribution in [1.29, 1.82) is 0 Å². The van der Waals surface area contributed by atoms with Gasteiger partial charge in [0.05, 0.1) is 21.6 Å². The van der Waals surface area contributed by atoms with Crippen LogP contribution >= 0.6 is 0 Å². The standard InChI is InChI=1S/C18H24N2O8/c1-17(2,3)27-15(23)10-7-9(14(21)22)11(8-19)13(20(25)26)12(10)16(24)28-18(4,5)6/h7H,8,19H2,1-6H3,(H,21,22). The van der Waals surface area contributed by atoms with Crippen LogP contribution in [0.3, 0.4) is 0 Å². The fourth-order valence-electron chi connectivity index (χ4n) is 2.34. The molecule has 0 heterocycles. The van der Waals surface area contributed by atoms with Crippen LogP contribution in [0, 0.1) is 10.1 Å². The highest BCUT2D eigenvalue weighted by atomic mass is 16.6. The van der Waals surface area contributed by atoms with E-state index in [2.05, 4.69) is 0 Å². The first kappa shape index (κ1) is 23.0. The number of carboxylic acid groups (broad SMARTS) is 1. The third-order valence-corrected chi connectivity index (χ3v) is 3.24. The van der Waals surface area contributed by atoms with Crippen molar-refractivity contribution in [2.75, 3.05) is 0 Å². The third-order valence-electron chi connectivity index (χ3n) is 3.24. The molecule has 3 N–H and O–H groups in total. The molecule has 0 radical (unpaired) electrons. The highest BCUT2D eigenvalue weighted by Gasteiger charge is 2.38. The van der Waals surface area contributed by atoms with Gasteiger partial charge in [-0.15, -0.1) is 0 Å². The molecule has 10 heteroatoms. The summed E-state index contributed by atoms with van der Waals surface area (Å²) < 4.78 is 10.4. The van der Waals surface area contributed by atoms with Gasteiger partial charge in [-0.05, 0) is 47.6 Å². The Morgan fingerprint density at radius 2 is 1.50 bits per heavy atom. The van der Waals surface area contributed by atoms with Crippen molar-refractivity contribution in [3.05, 3.63) is 38.4 Å². The molecule has 0 atom stereocenters. The normalized spacial score (nSPS) is 11.7. The number of aromatic carboxylic acids is 1. The van der Waals surface area contributed by atoms with Gasteiger partial charge in [-0.2, -0.15) is 0 Å². The van der Waals surface area contributed by atoms with E-state index in [1.807, 2.05) is 0 Å². The summed E-state index contributed by atoms with van der Waals surface area (Å²) >= 11 is 0. The van der Waals surface area contributed by atoms with Gasteiger partial charge in [-0.25, -0.2) is 14.4 Å². The summed E-state index contributed by atoms with van der Waals surface area (Å²) in [6.07, 6.45) is 0. The van der Waals surface area contributed by atoms with Crippen LogP contribution in [0.5, 0.6) is 0 Å². The van der Waals surface area contributed by atoms with E-state index < -0.39 is 68.5 Å². The Morgan fingerprint density at radius 3 is 1.86 bits per heavy atom. The summed E-state index contributed by atoms with van der Waals surface area (Å²) in [5.41, 5.74) is 0.370. The summed E-state index contributed by atoms with van der Waals surface area (Å²) in [5, 5.41) is 21.1. The van der Waals surface area contributed by atoms with Crippen LogP contribution in [0.25, 0.3) is 0 Å². The maximum Gasteiger partial charge on any atom is 0.346 e. The number of hydrogen-bond acceptors (Lipinski definition) is 8. The molecule has 0 saturated heterocycles. The maximum atomic E-state index is 12.7. The number of nitro benzene ring substituents is 1. The van der Waals surface area contributed by atoms with Gasteiger partial charge in [0, 0.05) is 6.54 Å². The fourth-order valence-corrected chi connectivity index (χ4v) is 2.34. The number of esters is 2. The topological polar surface area (TPSA) is 159 Å². The van der Waals surface area contributed by atoms with Crippen molar-refractivity contribution in [2.45, 2.75) is 59.3 Å². The molecule has 10 nitrogen and oxygen atoms in total. The predicted octanol–water partition coefficient (Wildman–Crippen LogP) is 2.66. The lowest BCUT2D eigenvalue weighted by atomic mass is 9.94. The third kappa shape index (κ3) is 5.49. The van der Waals surface area contributed by atoms with Crippen molar-refractivity contribution in [2.24, 2.45) is 5.73 Å². The molecule has 28 heavy (non-hydrogen) atoms. The summed E-state index contributed by atoms with van der Waals surface area (Å²) in [6.45, 7) is 8.75. The summed E-state index contributed by atoms with van der Waals surface area (Å²) in [7, 11) is 0. The number of nitrogens with zero attached hydrogens (tertiary/aromatic N) is 1. The quantitative estimate of drug-likeness (QED) is 0.433. The van der Waals surface area contributed by atoms with Crippen LogP contribution in [0.2, 0.25) is 0 Å². The second kappa shape index (κ2) is 7.93. The zero-order chi connectivity index (χ0) is 22.0. The van der Waals surface area contributed by atoms with Crippen LogP contribution in [0.1, 0.15) is 78.2 Å².